The number of ketones is 1. The molecule has 634 valence electrons. The third-order valence-corrected chi connectivity index (χ3v) is 23.2. The van der Waals surface area contributed by atoms with Crippen LogP contribution in [-0.4, -0.2) is 158 Å². The number of aliphatic hydroxyl groups excluding tert-OH is 5. The van der Waals surface area contributed by atoms with Crippen LogP contribution in [0.15, 0.2) is 0 Å². The molecule has 0 spiro atoms. The Bertz CT molecular complexity index is 1930. The van der Waals surface area contributed by atoms with Crippen molar-refractivity contribution in [1.29, 1.82) is 0 Å². The molecule has 5 N–H and O–H groups in total. The van der Waals surface area contributed by atoms with E-state index in [-0.39, 0.29) is 68.2 Å². The number of aliphatic hydroxyl groups is 5. The first-order chi connectivity index (χ1) is 52.2. The second kappa shape index (κ2) is 75.2. The molecule has 14 nitrogen and oxygen atoms in total. The normalized spacial score (nSPS) is 17.9. The van der Waals surface area contributed by atoms with E-state index in [9.17, 15) is 44.7 Å². The third kappa shape index (κ3) is 61.0. The van der Waals surface area contributed by atoms with Crippen molar-refractivity contribution in [3.05, 3.63) is 0 Å². The fraction of sp³-hybridized carbons (Fsp3) is 0.957. The smallest absolute Gasteiger partial charge is 0.324 e. The molecular formula is C93H181N3O11. The van der Waals surface area contributed by atoms with Crippen molar-refractivity contribution in [3.8, 4) is 0 Å². The van der Waals surface area contributed by atoms with Gasteiger partial charge in [0, 0.05) is 52.1 Å². The average Bonchev–Trinajstić information content (AvgIpc) is 0.830. The van der Waals surface area contributed by atoms with Gasteiger partial charge in [0.1, 0.15) is 30.1 Å². The first-order valence-electron chi connectivity index (χ1n) is 47.2. The van der Waals surface area contributed by atoms with Crippen LogP contribution in [0.1, 0.15) is 479 Å². The first-order valence-corrected chi connectivity index (χ1v) is 47.2. The lowest BCUT2D eigenvalue weighted by Crippen LogP contribution is -2.56. The third-order valence-electron chi connectivity index (χ3n) is 23.2. The Morgan fingerprint density at radius 2 is 0.551 bits per heavy atom. The minimum absolute atomic E-state index is 0.00556. The van der Waals surface area contributed by atoms with Gasteiger partial charge in [0.05, 0.1) is 36.9 Å². The second-order valence-electron chi connectivity index (χ2n) is 34.0. The van der Waals surface area contributed by atoms with Gasteiger partial charge in [-0.05, 0) is 64.2 Å². The van der Waals surface area contributed by atoms with Crippen LogP contribution in [0.25, 0.3) is 0 Å². The van der Waals surface area contributed by atoms with E-state index in [2.05, 4.69) is 48.5 Å². The van der Waals surface area contributed by atoms with Crippen molar-refractivity contribution in [3.63, 3.8) is 0 Å². The minimum Gasteiger partial charge on any atom is -0.460 e. The Labute approximate surface area is 661 Å². The van der Waals surface area contributed by atoms with E-state index < -0.39 is 42.6 Å². The summed E-state index contributed by atoms with van der Waals surface area (Å²) in [5.74, 6) is -0.915. The van der Waals surface area contributed by atoms with Crippen LogP contribution in [0.5, 0.6) is 0 Å². The summed E-state index contributed by atoms with van der Waals surface area (Å²) in [6, 6.07) is -1.41. The number of hydrogen-bond donors (Lipinski definition) is 5. The highest BCUT2D eigenvalue weighted by Gasteiger charge is 2.41. The number of nitrogens with zero attached hydrogens (tertiary/aromatic N) is 3. The van der Waals surface area contributed by atoms with Crippen molar-refractivity contribution in [2.75, 3.05) is 39.3 Å². The standard InChI is InChI=1S/C52H102N2O6.C41H79NO5/c1-5-9-13-17-21-25-29-33-37-46(55)42-53-45-49(40-36-32-28-24-20-16-12-8-4)60-52(59)50(53)41-51(58)54(43-47(56)38-34-30-26-22-18-14-10-6-2)44-48(57)39-35-31-27-23-19-15-11-7-3;1-4-7-10-13-16-19-22-25-28-36(43)31-32-37(44)33-40-41(46)47-39(30-27-24-21-18-15-12-9-6-3)35-42(40)34-38(45)29-26-23-20-17-14-11-8-5-2/h46-50,55-57H,5-45H2,1-4H3;36,38-40,43,45H,4-35H2,1-3H3. The number of esters is 2. The van der Waals surface area contributed by atoms with Gasteiger partial charge in [-0.25, -0.2) is 0 Å². The molecule has 0 aromatic rings. The van der Waals surface area contributed by atoms with Crippen LogP contribution in [0.2, 0.25) is 0 Å². The topological polar surface area (TPSA) is 198 Å². The molecule has 2 rings (SSSR count). The predicted octanol–water partition coefficient (Wildman–Crippen LogP) is 23.6. The Kier molecular flexibility index (Phi) is 72.2. The summed E-state index contributed by atoms with van der Waals surface area (Å²) in [7, 11) is 0. The molecule has 0 radical (unpaired) electrons. The molecule has 9 unspecified atom stereocenters. The number of cyclic esters (lactones) is 2. The molecule has 2 aliphatic rings. The number of morpholine rings is 2. The Morgan fingerprint density at radius 1 is 0.318 bits per heavy atom. The summed E-state index contributed by atoms with van der Waals surface area (Å²) in [5, 5.41) is 55.1. The zero-order valence-corrected chi connectivity index (χ0v) is 71.8. The van der Waals surface area contributed by atoms with E-state index in [4.69, 9.17) is 9.47 Å². The molecule has 2 heterocycles. The average molecular weight is 1520 g/mol. The predicted molar refractivity (Wildman–Crippen MR) is 451 cm³/mol. The van der Waals surface area contributed by atoms with Gasteiger partial charge < -0.3 is 39.9 Å². The number of hydrogen-bond acceptors (Lipinski definition) is 13. The number of carbonyl (C=O) groups is 4. The molecule has 0 aliphatic carbocycles. The Balaban J connectivity index is 0.00000110. The van der Waals surface area contributed by atoms with E-state index in [1.54, 1.807) is 4.90 Å². The van der Waals surface area contributed by atoms with E-state index in [1.807, 2.05) is 9.80 Å². The van der Waals surface area contributed by atoms with Crippen molar-refractivity contribution < 1.29 is 54.2 Å². The van der Waals surface area contributed by atoms with Crippen LogP contribution in [0.3, 0.4) is 0 Å². The summed E-state index contributed by atoms with van der Waals surface area (Å²) < 4.78 is 11.9. The van der Waals surface area contributed by atoms with Gasteiger partial charge in [0.25, 0.3) is 0 Å². The molecule has 2 saturated heterocycles. The molecule has 2 fully saturated rings. The molecule has 9 atom stereocenters. The van der Waals surface area contributed by atoms with E-state index in [0.717, 1.165) is 116 Å². The van der Waals surface area contributed by atoms with Crippen molar-refractivity contribution in [1.82, 2.24) is 14.7 Å². The minimum atomic E-state index is -0.780. The van der Waals surface area contributed by atoms with Gasteiger partial charge in [-0.2, -0.15) is 0 Å². The first kappa shape index (κ1) is 103. The quantitative estimate of drug-likeness (QED) is 0.0285. The highest BCUT2D eigenvalue weighted by atomic mass is 16.6. The highest BCUT2D eigenvalue weighted by Crippen LogP contribution is 2.27. The zero-order valence-electron chi connectivity index (χ0n) is 71.8. The van der Waals surface area contributed by atoms with Crippen LogP contribution in [0.4, 0.5) is 0 Å². The van der Waals surface area contributed by atoms with Gasteiger partial charge in [-0.3, -0.25) is 29.0 Å². The fourth-order valence-electron chi connectivity index (χ4n) is 16.1. The number of β-amino-alcohol motifs (C(OH)–C–C–N with tert-alkyl or cyclic N) is 2. The summed E-state index contributed by atoms with van der Waals surface area (Å²) in [4.78, 5) is 60.0. The van der Waals surface area contributed by atoms with Gasteiger partial charge in [-0.15, -0.1) is 0 Å². The van der Waals surface area contributed by atoms with E-state index >= 15 is 0 Å². The van der Waals surface area contributed by atoms with E-state index in [1.165, 1.54) is 270 Å². The molecule has 14 heteroatoms. The lowest BCUT2D eigenvalue weighted by Gasteiger charge is -2.40. The number of rotatable bonds is 78. The van der Waals surface area contributed by atoms with Crippen LogP contribution in [-0.2, 0) is 28.7 Å². The molecule has 1 amide bonds. The molecule has 0 bridgehead atoms. The van der Waals surface area contributed by atoms with Crippen LogP contribution >= 0.6 is 0 Å². The van der Waals surface area contributed by atoms with Gasteiger partial charge >= 0.3 is 11.9 Å². The largest absolute Gasteiger partial charge is 0.460 e. The highest BCUT2D eigenvalue weighted by molar-refractivity contribution is 5.87. The summed E-state index contributed by atoms with van der Waals surface area (Å²) in [6.07, 6.45) is 70.5. The summed E-state index contributed by atoms with van der Waals surface area (Å²) in [6.45, 7) is 17.9. The lowest BCUT2D eigenvalue weighted by molar-refractivity contribution is -0.171. The molecular weight excluding hydrogens is 1340 g/mol. The summed E-state index contributed by atoms with van der Waals surface area (Å²) >= 11 is 0. The van der Waals surface area contributed by atoms with Crippen LogP contribution in [0, 0.1) is 0 Å². The number of amides is 1. The molecule has 0 saturated carbocycles. The number of Topliss-reactive ketones (excluding diaryl/α,β-unsaturated/α-hetero) is 1. The lowest BCUT2D eigenvalue weighted by atomic mass is 9.98. The van der Waals surface area contributed by atoms with Crippen molar-refractivity contribution in [2.24, 2.45) is 0 Å². The maximum atomic E-state index is 14.2. The van der Waals surface area contributed by atoms with Gasteiger partial charge in [0.2, 0.25) is 5.91 Å². The molecule has 107 heavy (non-hydrogen) atoms. The Morgan fingerprint density at radius 3 is 0.832 bits per heavy atom. The molecule has 0 aromatic heterocycles. The van der Waals surface area contributed by atoms with Crippen molar-refractivity contribution in [2.45, 2.75) is 533 Å². The van der Waals surface area contributed by atoms with Crippen molar-refractivity contribution >= 4 is 23.6 Å². The maximum absolute atomic E-state index is 14.2. The van der Waals surface area contributed by atoms with Gasteiger partial charge in [0.15, 0.2) is 0 Å². The molecule has 0 aromatic carbocycles. The second-order valence-corrected chi connectivity index (χ2v) is 34.0. The number of ether oxygens (including phenoxy) is 2. The van der Waals surface area contributed by atoms with E-state index in [0.29, 0.717) is 51.9 Å². The SMILES string of the molecule is CCCCCCCCCCC(O)CCC(=O)CC1C(=O)OC(CCCCCCCCCC)CN1CC(O)CCCCCCCCCC.CCCCCCCCCCC(O)CN(CC(O)CCCCCCCCCC)C(=O)CC1C(=O)OC(CCCCCCCCCC)CN1CC(O)CCCCCCCCCC. The number of carbonyl (C=O) groups excluding carboxylic acids is 4. The maximum Gasteiger partial charge on any atom is 0.324 e. The Hall–Kier alpha value is -2.20. The molecule has 2 aliphatic heterocycles. The van der Waals surface area contributed by atoms with Gasteiger partial charge in [-0.1, -0.05) is 395 Å². The number of unbranched alkanes of at least 4 members (excludes halogenated alkanes) is 49. The monoisotopic (exact) mass is 1520 g/mol. The van der Waals surface area contributed by atoms with Crippen LogP contribution < -0.4 is 0 Å². The zero-order chi connectivity index (χ0) is 78.3. The summed E-state index contributed by atoms with van der Waals surface area (Å²) in [5.41, 5.74) is 0. The fourth-order valence-corrected chi connectivity index (χ4v) is 16.1.